The summed E-state index contributed by atoms with van der Waals surface area (Å²) in [6, 6.07) is 2.74. The Morgan fingerprint density at radius 2 is 1.93 bits per heavy atom. The average Bonchev–Trinajstić information content (AvgIpc) is 2.12. The zero-order valence-corrected chi connectivity index (χ0v) is 10.7. The van der Waals surface area contributed by atoms with Crippen molar-refractivity contribution in [3.63, 3.8) is 0 Å². The van der Waals surface area contributed by atoms with E-state index < -0.39 is 6.61 Å². The van der Waals surface area contributed by atoms with Crippen LogP contribution < -0.4 is 4.74 Å². The molecule has 0 spiro atoms. The molecular weight excluding hydrogens is 338 g/mol. The number of benzene rings is 1. The van der Waals surface area contributed by atoms with Gasteiger partial charge < -0.3 is 4.74 Å². The first kappa shape index (κ1) is 12.6. The highest BCUT2D eigenvalue weighted by Gasteiger charge is 2.15. The first-order chi connectivity index (χ1) is 6.93. The third-order valence-corrected chi connectivity index (χ3v) is 3.79. The topological polar surface area (TPSA) is 26.3 Å². The van der Waals surface area contributed by atoms with Crippen LogP contribution in [0.1, 0.15) is 17.3 Å². The van der Waals surface area contributed by atoms with Crippen LogP contribution in [0.5, 0.6) is 5.75 Å². The predicted octanol–water partition coefficient (Wildman–Crippen LogP) is 4.02. The number of alkyl halides is 2. The Balaban J connectivity index is 3.15. The summed E-state index contributed by atoms with van der Waals surface area (Å²) < 4.78 is 28.9. The van der Waals surface area contributed by atoms with E-state index >= 15 is 0 Å². The first-order valence-corrected chi connectivity index (χ1v) is 5.46. The molecule has 0 aliphatic heterocycles. The fourth-order valence-corrected chi connectivity index (χ4v) is 2.04. The number of carbonyl (C=O) groups excluding carboxylic acids is 1. The second kappa shape index (κ2) is 5.03. The van der Waals surface area contributed by atoms with Crippen molar-refractivity contribution in [3.8, 4) is 5.75 Å². The second-order valence-corrected chi connectivity index (χ2v) is 4.26. The summed E-state index contributed by atoms with van der Waals surface area (Å²) >= 11 is 6.20. The molecule has 15 heavy (non-hydrogen) atoms. The second-order valence-electron chi connectivity index (χ2n) is 2.67. The standard InChI is InChI=1S/C9H6Br2F2O2/c1-4(14)5-2-3-6(15-9(12)13)8(11)7(5)10/h2-3,9H,1H3. The highest BCUT2D eigenvalue weighted by molar-refractivity contribution is 9.13. The van der Waals surface area contributed by atoms with Crippen molar-refractivity contribution >= 4 is 37.6 Å². The van der Waals surface area contributed by atoms with Gasteiger partial charge in [0.05, 0.1) is 4.47 Å². The molecular formula is C9H6Br2F2O2. The third kappa shape index (κ3) is 2.98. The minimum atomic E-state index is -2.89. The van der Waals surface area contributed by atoms with Crippen LogP contribution in [0.15, 0.2) is 21.1 Å². The summed E-state index contributed by atoms with van der Waals surface area (Å²) in [5.74, 6) is -0.173. The van der Waals surface area contributed by atoms with Gasteiger partial charge in [-0.15, -0.1) is 0 Å². The third-order valence-electron chi connectivity index (χ3n) is 1.64. The highest BCUT2D eigenvalue weighted by Crippen LogP contribution is 2.36. The van der Waals surface area contributed by atoms with Crippen molar-refractivity contribution in [1.82, 2.24) is 0 Å². The van der Waals surface area contributed by atoms with Gasteiger partial charge in [-0.1, -0.05) is 0 Å². The zero-order chi connectivity index (χ0) is 11.6. The molecule has 0 heterocycles. The molecule has 0 radical (unpaired) electrons. The van der Waals surface area contributed by atoms with Crippen molar-refractivity contribution in [1.29, 1.82) is 0 Å². The number of rotatable bonds is 3. The van der Waals surface area contributed by atoms with Gasteiger partial charge in [0.2, 0.25) is 0 Å². The quantitative estimate of drug-likeness (QED) is 0.775. The lowest BCUT2D eigenvalue weighted by atomic mass is 10.1. The number of hydrogen-bond donors (Lipinski definition) is 0. The first-order valence-electron chi connectivity index (χ1n) is 3.87. The molecule has 0 aliphatic rings. The maximum Gasteiger partial charge on any atom is 0.387 e. The van der Waals surface area contributed by atoms with Crippen molar-refractivity contribution in [2.24, 2.45) is 0 Å². The van der Waals surface area contributed by atoms with Gasteiger partial charge in [0.25, 0.3) is 0 Å². The molecule has 6 heteroatoms. The molecule has 1 rings (SSSR count). The molecule has 0 saturated heterocycles. The Morgan fingerprint density at radius 1 is 1.33 bits per heavy atom. The summed E-state index contributed by atoms with van der Waals surface area (Å²) in [5.41, 5.74) is 0.406. The van der Waals surface area contributed by atoms with Crippen LogP contribution in [0.3, 0.4) is 0 Å². The number of halogens is 4. The van der Waals surface area contributed by atoms with Gasteiger partial charge in [0.1, 0.15) is 5.75 Å². The van der Waals surface area contributed by atoms with E-state index in [9.17, 15) is 13.6 Å². The maximum absolute atomic E-state index is 12.0. The van der Waals surface area contributed by atoms with Crippen molar-refractivity contribution in [2.45, 2.75) is 13.5 Å². The van der Waals surface area contributed by atoms with Crippen LogP contribution in [0.4, 0.5) is 8.78 Å². The summed E-state index contributed by atoms with van der Waals surface area (Å²) in [4.78, 5) is 11.1. The number of ketones is 1. The molecule has 0 fully saturated rings. The fourth-order valence-electron chi connectivity index (χ4n) is 0.991. The molecule has 0 N–H and O–H groups in total. The van der Waals surface area contributed by atoms with Gasteiger partial charge in [-0.25, -0.2) is 0 Å². The molecule has 1 aromatic rings. The molecule has 0 aromatic heterocycles. The Morgan fingerprint density at radius 3 is 2.40 bits per heavy atom. The van der Waals surface area contributed by atoms with Crippen LogP contribution >= 0.6 is 31.9 Å². The molecule has 1 aromatic carbocycles. The number of ether oxygens (including phenoxy) is 1. The van der Waals surface area contributed by atoms with E-state index in [0.717, 1.165) is 0 Å². The van der Waals surface area contributed by atoms with Crippen LogP contribution in [0, 0.1) is 0 Å². The molecule has 0 bridgehead atoms. The number of Topliss-reactive ketones (excluding diaryl/α,β-unsaturated/α-hetero) is 1. The van der Waals surface area contributed by atoms with Gasteiger partial charge in [-0.05, 0) is 50.9 Å². The van der Waals surface area contributed by atoms with Crippen LogP contribution in [-0.4, -0.2) is 12.4 Å². The number of hydrogen-bond acceptors (Lipinski definition) is 2. The molecule has 0 amide bonds. The van der Waals surface area contributed by atoms with E-state index in [1.807, 2.05) is 0 Å². The molecule has 0 atom stereocenters. The minimum absolute atomic E-state index is 0.0122. The molecule has 0 unspecified atom stereocenters. The predicted molar refractivity (Wildman–Crippen MR) is 58.5 cm³/mol. The lowest BCUT2D eigenvalue weighted by molar-refractivity contribution is -0.0503. The lowest BCUT2D eigenvalue weighted by Crippen LogP contribution is -2.04. The Kier molecular flexibility index (Phi) is 4.21. The normalized spacial score (nSPS) is 10.5. The van der Waals surface area contributed by atoms with Crippen molar-refractivity contribution in [2.75, 3.05) is 0 Å². The van der Waals surface area contributed by atoms with Crippen LogP contribution in [-0.2, 0) is 0 Å². The summed E-state index contributed by atoms with van der Waals surface area (Å²) in [5, 5.41) is 0. The SMILES string of the molecule is CC(=O)c1ccc(OC(F)F)c(Br)c1Br. The Bertz CT molecular complexity index is 394. The van der Waals surface area contributed by atoms with Crippen LogP contribution in [0.2, 0.25) is 0 Å². The summed E-state index contributed by atoms with van der Waals surface area (Å²) in [6.45, 7) is -1.50. The van der Waals surface area contributed by atoms with Gasteiger partial charge in [0.15, 0.2) is 5.78 Å². The van der Waals surface area contributed by atoms with E-state index in [1.54, 1.807) is 0 Å². The highest BCUT2D eigenvalue weighted by atomic mass is 79.9. The van der Waals surface area contributed by atoms with Gasteiger partial charge >= 0.3 is 6.61 Å². The molecule has 0 aliphatic carbocycles. The lowest BCUT2D eigenvalue weighted by Gasteiger charge is -2.09. The smallest absolute Gasteiger partial charge is 0.387 e. The molecule has 0 saturated carbocycles. The monoisotopic (exact) mass is 342 g/mol. The zero-order valence-electron chi connectivity index (χ0n) is 7.56. The Labute approximate surface area is 102 Å². The van der Waals surface area contributed by atoms with E-state index in [0.29, 0.717) is 14.5 Å². The van der Waals surface area contributed by atoms with E-state index in [-0.39, 0.29) is 11.5 Å². The Hall–Kier alpha value is -0.490. The number of carbonyl (C=O) groups is 1. The molecule has 82 valence electrons. The summed E-state index contributed by atoms with van der Waals surface area (Å²) in [7, 11) is 0. The van der Waals surface area contributed by atoms with Gasteiger partial charge in [-0.3, -0.25) is 4.79 Å². The largest absolute Gasteiger partial charge is 0.434 e. The van der Waals surface area contributed by atoms with Crippen molar-refractivity contribution in [3.05, 3.63) is 26.6 Å². The van der Waals surface area contributed by atoms with Gasteiger partial charge in [-0.2, -0.15) is 8.78 Å². The van der Waals surface area contributed by atoms with Crippen molar-refractivity contribution < 1.29 is 18.3 Å². The van der Waals surface area contributed by atoms with Gasteiger partial charge in [0, 0.05) is 10.0 Å². The average molecular weight is 344 g/mol. The van der Waals surface area contributed by atoms with Crippen LogP contribution in [0.25, 0.3) is 0 Å². The minimum Gasteiger partial charge on any atom is -0.434 e. The van der Waals surface area contributed by atoms with E-state index in [2.05, 4.69) is 36.6 Å². The summed E-state index contributed by atoms with van der Waals surface area (Å²) in [6.07, 6.45) is 0. The molecule has 2 nitrogen and oxygen atoms in total. The maximum atomic E-state index is 12.0. The van der Waals surface area contributed by atoms with E-state index in [1.165, 1.54) is 19.1 Å². The fraction of sp³-hybridized carbons (Fsp3) is 0.222. The van der Waals surface area contributed by atoms with E-state index in [4.69, 9.17) is 0 Å².